The molecule has 0 bridgehead atoms. The van der Waals surface area contributed by atoms with Crippen LogP contribution in [-0.2, 0) is 14.3 Å². The van der Waals surface area contributed by atoms with Gasteiger partial charge in [0.2, 0.25) is 0 Å². The van der Waals surface area contributed by atoms with Crippen molar-refractivity contribution < 1.29 is 14.3 Å². The summed E-state index contributed by atoms with van der Waals surface area (Å²) in [6.07, 6.45) is 3.57. The highest BCUT2D eigenvalue weighted by molar-refractivity contribution is 5.82. The Morgan fingerprint density at radius 3 is 2.73 bits per heavy atom. The van der Waals surface area contributed by atoms with Gasteiger partial charge in [-0.1, -0.05) is 6.08 Å². The predicted molar refractivity (Wildman–Crippen MR) is 40.1 cm³/mol. The fourth-order valence-corrected chi connectivity index (χ4v) is 1.10. The normalized spacial score (nSPS) is 35.7. The summed E-state index contributed by atoms with van der Waals surface area (Å²) >= 11 is 0. The zero-order valence-corrected chi connectivity index (χ0v) is 6.96. The molecule has 2 atom stereocenters. The summed E-state index contributed by atoms with van der Waals surface area (Å²) in [6, 6.07) is 0. The molecule has 1 aliphatic rings. The second-order valence-corrected chi connectivity index (χ2v) is 2.78. The standard InChI is InChI=1S/C8H12O3/c1-6-4-5-8(2,11-6)7(9)10-3/h4-6H,1-3H3. The molecule has 0 aromatic heterocycles. The Kier molecular flexibility index (Phi) is 2.00. The summed E-state index contributed by atoms with van der Waals surface area (Å²) in [5.41, 5.74) is -0.867. The lowest BCUT2D eigenvalue weighted by Gasteiger charge is -2.19. The van der Waals surface area contributed by atoms with Crippen molar-refractivity contribution in [3.05, 3.63) is 12.2 Å². The molecule has 0 aliphatic carbocycles. The predicted octanol–water partition coefficient (Wildman–Crippen LogP) is 0.893. The van der Waals surface area contributed by atoms with Crippen molar-refractivity contribution in [2.45, 2.75) is 25.6 Å². The van der Waals surface area contributed by atoms with Crippen LogP contribution in [0, 0.1) is 0 Å². The van der Waals surface area contributed by atoms with E-state index in [1.165, 1.54) is 7.11 Å². The molecule has 62 valence electrons. The fourth-order valence-electron chi connectivity index (χ4n) is 1.10. The summed E-state index contributed by atoms with van der Waals surface area (Å²) in [6.45, 7) is 3.57. The van der Waals surface area contributed by atoms with Crippen LogP contribution in [-0.4, -0.2) is 24.8 Å². The third kappa shape index (κ3) is 1.43. The van der Waals surface area contributed by atoms with E-state index in [1.807, 2.05) is 13.0 Å². The van der Waals surface area contributed by atoms with Crippen LogP contribution in [0.2, 0.25) is 0 Å². The maximum absolute atomic E-state index is 11.1. The first-order valence-electron chi connectivity index (χ1n) is 3.54. The van der Waals surface area contributed by atoms with Gasteiger partial charge in [0, 0.05) is 0 Å². The summed E-state index contributed by atoms with van der Waals surface area (Å²) in [5.74, 6) is -0.349. The van der Waals surface area contributed by atoms with E-state index in [2.05, 4.69) is 4.74 Å². The van der Waals surface area contributed by atoms with Crippen molar-refractivity contribution in [1.82, 2.24) is 0 Å². The van der Waals surface area contributed by atoms with Crippen LogP contribution < -0.4 is 0 Å². The minimum atomic E-state index is -0.867. The third-order valence-electron chi connectivity index (χ3n) is 1.71. The highest BCUT2D eigenvalue weighted by atomic mass is 16.6. The Balaban J connectivity index is 2.71. The molecule has 11 heavy (non-hydrogen) atoms. The number of hydrogen-bond donors (Lipinski definition) is 0. The molecule has 0 N–H and O–H groups in total. The Bertz CT molecular complexity index is 198. The van der Waals surface area contributed by atoms with Crippen LogP contribution in [0.25, 0.3) is 0 Å². The minimum absolute atomic E-state index is 0.000833. The number of carbonyl (C=O) groups is 1. The van der Waals surface area contributed by atoms with E-state index >= 15 is 0 Å². The number of ether oxygens (including phenoxy) is 2. The largest absolute Gasteiger partial charge is 0.467 e. The number of methoxy groups -OCH3 is 1. The van der Waals surface area contributed by atoms with Crippen LogP contribution in [0.3, 0.4) is 0 Å². The van der Waals surface area contributed by atoms with Crippen molar-refractivity contribution in [2.24, 2.45) is 0 Å². The average Bonchev–Trinajstić information content (AvgIpc) is 2.31. The van der Waals surface area contributed by atoms with Gasteiger partial charge in [0.1, 0.15) is 0 Å². The van der Waals surface area contributed by atoms with Crippen LogP contribution in [0.15, 0.2) is 12.2 Å². The highest BCUT2D eigenvalue weighted by Crippen LogP contribution is 2.23. The fraction of sp³-hybridized carbons (Fsp3) is 0.625. The topological polar surface area (TPSA) is 35.5 Å². The smallest absolute Gasteiger partial charge is 0.341 e. The molecule has 0 aromatic rings. The van der Waals surface area contributed by atoms with Crippen LogP contribution in [0.4, 0.5) is 0 Å². The van der Waals surface area contributed by atoms with Crippen LogP contribution in [0.5, 0.6) is 0 Å². The zero-order chi connectivity index (χ0) is 8.48. The van der Waals surface area contributed by atoms with Gasteiger partial charge >= 0.3 is 5.97 Å². The van der Waals surface area contributed by atoms with Gasteiger partial charge in [-0.2, -0.15) is 0 Å². The molecule has 2 unspecified atom stereocenters. The third-order valence-corrected chi connectivity index (χ3v) is 1.71. The molecule has 0 amide bonds. The van der Waals surface area contributed by atoms with Gasteiger partial charge in [-0.3, -0.25) is 0 Å². The quantitative estimate of drug-likeness (QED) is 0.418. The first-order chi connectivity index (χ1) is 5.08. The van der Waals surface area contributed by atoms with Gasteiger partial charge in [-0.25, -0.2) is 4.79 Å². The van der Waals surface area contributed by atoms with Gasteiger partial charge in [0.25, 0.3) is 0 Å². The second kappa shape index (κ2) is 2.66. The molecular formula is C8H12O3. The maximum Gasteiger partial charge on any atom is 0.341 e. The monoisotopic (exact) mass is 156 g/mol. The van der Waals surface area contributed by atoms with E-state index in [0.717, 1.165) is 0 Å². The van der Waals surface area contributed by atoms with Crippen molar-refractivity contribution in [3.8, 4) is 0 Å². The number of carbonyl (C=O) groups excluding carboxylic acids is 1. The molecule has 0 saturated carbocycles. The maximum atomic E-state index is 11.1. The van der Waals surface area contributed by atoms with Gasteiger partial charge in [-0.15, -0.1) is 0 Å². The highest BCUT2D eigenvalue weighted by Gasteiger charge is 2.37. The Labute approximate surface area is 66.0 Å². The molecule has 1 aliphatic heterocycles. The van der Waals surface area contributed by atoms with E-state index in [0.29, 0.717) is 0 Å². The van der Waals surface area contributed by atoms with Crippen molar-refractivity contribution in [2.75, 3.05) is 7.11 Å². The molecule has 3 heteroatoms. The minimum Gasteiger partial charge on any atom is -0.467 e. The Morgan fingerprint density at radius 1 is 1.73 bits per heavy atom. The van der Waals surface area contributed by atoms with Crippen LogP contribution in [0.1, 0.15) is 13.8 Å². The van der Waals surface area contributed by atoms with Crippen molar-refractivity contribution in [1.29, 1.82) is 0 Å². The molecule has 1 heterocycles. The molecule has 0 saturated heterocycles. The zero-order valence-electron chi connectivity index (χ0n) is 6.96. The van der Waals surface area contributed by atoms with E-state index in [4.69, 9.17) is 4.74 Å². The lowest BCUT2D eigenvalue weighted by Crippen LogP contribution is -2.35. The molecule has 0 radical (unpaired) electrons. The van der Waals surface area contributed by atoms with Gasteiger partial charge < -0.3 is 9.47 Å². The van der Waals surface area contributed by atoms with E-state index in [1.54, 1.807) is 13.0 Å². The average molecular weight is 156 g/mol. The van der Waals surface area contributed by atoms with Crippen LogP contribution >= 0.6 is 0 Å². The molecular weight excluding hydrogens is 144 g/mol. The summed E-state index contributed by atoms with van der Waals surface area (Å²) in [5, 5.41) is 0. The summed E-state index contributed by atoms with van der Waals surface area (Å²) < 4.78 is 9.89. The van der Waals surface area contributed by atoms with E-state index < -0.39 is 5.60 Å². The second-order valence-electron chi connectivity index (χ2n) is 2.78. The molecule has 0 fully saturated rings. The first-order valence-corrected chi connectivity index (χ1v) is 3.54. The van der Waals surface area contributed by atoms with Gasteiger partial charge in [0.15, 0.2) is 5.60 Å². The van der Waals surface area contributed by atoms with Crippen molar-refractivity contribution >= 4 is 5.97 Å². The number of rotatable bonds is 1. The molecule has 3 nitrogen and oxygen atoms in total. The SMILES string of the molecule is COC(=O)C1(C)C=CC(C)O1. The summed E-state index contributed by atoms with van der Waals surface area (Å²) in [4.78, 5) is 11.1. The molecule has 0 spiro atoms. The number of hydrogen-bond acceptors (Lipinski definition) is 3. The molecule has 1 rings (SSSR count). The lowest BCUT2D eigenvalue weighted by molar-refractivity contribution is -0.161. The first kappa shape index (κ1) is 8.27. The van der Waals surface area contributed by atoms with Gasteiger partial charge in [0.05, 0.1) is 13.2 Å². The Morgan fingerprint density at radius 2 is 2.36 bits per heavy atom. The van der Waals surface area contributed by atoms with E-state index in [-0.39, 0.29) is 12.1 Å². The van der Waals surface area contributed by atoms with E-state index in [9.17, 15) is 4.79 Å². The van der Waals surface area contributed by atoms with Gasteiger partial charge in [-0.05, 0) is 19.9 Å². The van der Waals surface area contributed by atoms with Crippen molar-refractivity contribution in [3.63, 3.8) is 0 Å². The summed E-state index contributed by atoms with van der Waals surface area (Å²) in [7, 11) is 1.35. The lowest BCUT2D eigenvalue weighted by atomic mass is 10.1. The Hall–Kier alpha value is -0.830. The molecule has 0 aromatic carbocycles. The number of esters is 1.